The van der Waals surface area contributed by atoms with Crippen molar-refractivity contribution in [3.8, 4) is 11.1 Å². The minimum absolute atomic E-state index is 0.0857. The Kier molecular flexibility index (Phi) is 6.42. The molecule has 1 amide bonds. The van der Waals surface area contributed by atoms with E-state index in [1.807, 2.05) is 48.5 Å². The van der Waals surface area contributed by atoms with Crippen LogP contribution in [0.15, 0.2) is 84.9 Å². The molecule has 0 bridgehead atoms. The summed E-state index contributed by atoms with van der Waals surface area (Å²) in [5.41, 5.74) is 10.7. The monoisotopic (exact) mass is 456 g/mol. The molecule has 8 heteroatoms. The van der Waals surface area contributed by atoms with Crippen molar-refractivity contribution in [1.82, 2.24) is 5.48 Å². The molecule has 3 aromatic carbocycles. The van der Waals surface area contributed by atoms with Crippen LogP contribution in [0.3, 0.4) is 0 Å². The van der Waals surface area contributed by atoms with Gasteiger partial charge in [-0.3, -0.25) is 25.3 Å². The standard InChI is InChI=1S/C26H24N4O4/c1-33-23(31)16-26(15-22(30-34-26)18-10-7-11-19(14-18)24(27)28)25(32)29-21-13-6-5-12-20(21)17-8-3-2-4-9-17/h2-15,30H,16H2,1H3,(H3,27,28)(H,29,32). The van der Waals surface area contributed by atoms with E-state index in [0.29, 0.717) is 22.5 Å². The molecule has 4 rings (SSSR count). The number of amidine groups is 1. The molecule has 0 radical (unpaired) electrons. The van der Waals surface area contributed by atoms with Gasteiger partial charge in [-0.05, 0) is 23.8 Å². The topological polar surface area (TPSA) is 127 Å². The van der Waals surface area contributed by atoms with Crippen LogP contribution in [0.5, 0.6) is 0 Å². The van der Waals surface area contributed by atoms with E-state index >= 15 is 0 Å². The molecule has 0 fully saturated rings. The van der Waals surface area contributed by atoms with E-state index in [0.717, 1.165) is 11.1 Å². The number of nitrogen functional groups attached to an aromatic ring is 1. The summed E-state index contributed by atoms with van der Waals surface area (Å²) in [6.45, 7) is 0. The number of hydrogen-bond acceptors (Lipinski definition) is 6. The maximum absolute atomic E-state index is 13.5. The summed E-state index contributed by atoms with van der Waals surface area (Å²) < 4.78 is 4.82. The zero-order valence-corrected chi connectivity index (χ0v) is 18.5. The van der Waals surface area contributed by atoms with Crippen LogP contribution < -0.4 is 16.5 Å². The smallest absolute Gasteiger partial charge is 0.309 e. The summed E-state index contributed by atoms with van der Waals surface area (Å²) >= 11 is 0. The van der Waals surface area contributed by atoms with Crippen molar-refractivity contribution < 1.29 is 19.2 Å². The SMILES string of the molecule is COC(=O)CC1(C(=O)Nc2ccccc2-c2ccccc2)C=C(c2cccc(C(=N)N)c2)NO1. The third-order valence-corrected chi connectivity index (χ3v) is 5.48. The maximum Gasteiger partial charge on any atom is 0.309 e. The van der Waals surface area contributed by atoms with E-state index in [1.54, 1.807) is 36.4 Å². The second-order valence-corrected chi connectivity index (χ2v) is 7.76. The van der Waals surface area contributed by atoms with Gasteiger partial charge >= 0.3 is 5.97 Å². The van der Waals surface area contributed by atoms with Crippen LogP contribution >= 0.6 is 0 Å². The van der Waals surface area contributed by atoms with Gasteiger partial charge in [0, 0.05) is 22.4 Å². The molecule has 0 aromatic heterocycles. The fourth-order valence-corrected chi connectivity index (χ4v) is 3.69. The number of para-hydroxylation sites is 1. The molecule has 1 aliphatic heterocycles. The van der Waals surface area contributed by atoms with Gasteiger partial charge in [0.05, 0.1) is 19.2 Å². The van der Waals surface area contributed by atoms with E-state index in [4.69, 9.17) is 20.7 Å². The molecular formula is C26H24N4O4. The number of nitrogens with two attached hydrogens (primary N) is 1. The predicted octanol–water partition coefficient (Wildman–Crippen LogP) is 3.45. The average Bonchev–Trinajstić information content (AvgIpc) is 3.30. The Hall–Kier alpha value is -4.43. The van der Waals surface area contributed by atoms with Crippen LogP contribution in [-0.4, -0.2) is 30.4 Å². The Morgan fingerprint density at radius 3 is 2.47 bits per heavy atom. The van der Waals surface area contributed by atoms with Crippen LogP contribution in [0.1, 0.15) is 17.5 Å². The lowest BCUT2D eigenvalue weighted by molar-refractivity contribution is -0.154. The van der Waals surface area contributed by atoms with E-state index in [1.165, 1.54) is 7.11 Å². The number of nitrogens with one attached hydrogen (secondary N) is 3. The van der Waals surface area contributed by atoms with Gasteiger partial charge in [0.1, 0.15) is 5.84 Å². The van der Waals surface area contributed by atoms with E-state index in [2.05, 4.69) is 10.8 Å². The molecule has 0 spiro atoms. The number of methoxy groups -OCH3 is 1. The Bertz CT molecular complexity index is 1270. The normalized spacial score (nSPS) is 16.8. The Balaban J connectivity index is 1.69. The second kappa shape index (κ2) is 9.60. The third-order valence-electron chi connectivity index (χ3n) is 5.48. The number of benzene rings is 3. The van der Waals surface area contributed by atoms with E-state index in [9.17, 15) is 9.59 Å². The van der Waals surface area contributed by atoms with Gasteiger partial charge in [-0.25, -0.2) is 0 Å². The molecule has 1 unspecified atom stereocenters. The minimum atomic E-state index is -1.65. The molecule has 0 saturated heterocycles. The lowest BCUT2D eigenvalue weighted by atomic mass is 9.95. The Morgan fingerprint density at radius 1 is 1.03 bits per heavy atom. The van der Waals surface area contributed by atoms with Crippen LogP contribution in [0, 0.1) is 5.41 Å². The highest BCUT2D eigenvalue weighted by atomic mass is 16.7. The Labute approximate surface area is 196 Å². The number of hydrogen-bond donors (Lipinski definition) is 4. The number of esters is 1. The Morgan fingerprint density at radius 2 is 1.74 bits per heavy atom. The first-order chi connectivity index (χ1) is 16.4. The van der Waals surface area contributed by atoms with Crippen LogP contribution in [0.2, 0.25) is 0 Å². The van der Waals surface area contributed by atoms with Gasteiger partial charge in [0.25, 0.3) is 5.91 Å². The first-order valence-electron chi connectivity index (χ1n) is 10.6. The van der Waals surface area contributed by atoms with Gasteiger partial charge in [0.2, 0.25) is 5.60 Å². The number of hydroxylamine groups is 1. The molecule has 34 heavy (non-hydrogen) atoms. The number of rotatable bonds is 7. The van der Waals surface area contributed by atoms with Gasteiger partial charge < -0.3 is 15.8 Å². The van der Waals surface area contributed by atoms with Crippen molar-refractivity contribution in [3.63, 3.8) is 0 Å². The molecule has 0 saturated carbocycles. The summed E-state index contributed by atoms with van der Waals surface area (Å²) in [7, 11) is 1.25. The molecule has 1 heterocycles. The summed E-state index contributed by atoms with van der Waals surface area (Å²) in [6, 6.07) is 24.0. The fraction of sp³-hybridized carbons (Fsp3) is 0.115. The highest BCUT2D eigenvalue weighted by molar-refractivity contribution is 6.05. The number of ether oxygens (including phenoxy) is 1. The van der Waals surface area contributed by atoms with Crippen molar-refractivity contribution in [3.05, 3.63) is 96.1 Å². The molecule has 1 aliphatic rings. The van der Waals surface area contributed by atoms with Crippen LogP contribution in [-0.2, 0) is 19.2 Å². The molecule has 3 aromatic rings. The highest BCUT2D eigenvalue weighted by Gasteiger charge is 2.45. The van der Waals surface area contributed by atoms with Crippen molar-refractivity contribution in [2.45, 2.75) is 12.0 Å². The predicted molar refractivity (Wildman–Crippen MR) is 130 cm³/mol. The lowest BCUT2D eigenvalue weighted by Crippen LogP contribution is -2.45. The van der Waals surface area contributed by atoms with Crippen molar-refractivity contribution in [2.24, 2.45) is 5.73 Å². The van der Waals surface area contributed by atoms with Gasteiger partial charge in [-0.15, -0.1) is 0 Å². The third kappa shape index (κ3) is 4.67. The molecular weight excluding hydrogens is 432 g/mol. The largest absolute Gasteiger partial charge is 0.469 e. The molecule has 1 atom stereocenters. The van der Waals surface area contributed by atoms with Crippen LogP contribution in [0.4, 0.5) is 5.69 Å². The second-order valence-electron chi connectivity index (χ2n) is 7.76. The summed E-state index contributed by atoms with van der Waals surface area (Å²) in [5.74, 6) is -1.23. The fourth-order valence-electron chi connectivity index (χ4n) is 3.69. The van der Waals surface area contributed by atoms with Crippen LogP contribution in [0.25, 0.3) is 16.8 Å². The first kappa shape index (κ1) is 22.8. The van der Waals surface area contributed by atoms with E-state index in [-0.39, 0.29) is 12.3 Å². The van der Waals surface area contributed by atoms with Crippen molar-refractivity contribution >= 4 is 29.1 Å². The minimum Gasteiger partial charge on any atom is -0.469 e. The first-order valence-corrected chi connectivity index (χ1v) is 10.6. The summed E-state index contributed by atoms with van der Waals surface area (Å²) in [4.78, 5) is 31.5. The van der Waals surface area contributed by atoms with Gasteiger partial charge in [-0.1, -0.05) is 66.7 Å². The highest BCUT2D eigenvalue weighted by Crippen LogP contribution is 2.33. The molecule has 5 N–H and O–H groups in total. The quantitative estimate of drug-likeness (QED) is 0.245. The number of carbonyl (C=O) groups excluding carboxylic acids is 2. The van der Waals surface area contributed by atoms with Gasteiger partial charge in [-0.2, -0.15) is 0 Å². The number of anilines is 1. The summed E-state index contributed by atoms with van der Waals surface area (Å²) in [5, 5.41) is 10.6. The average molecular weight is 457 g/mol. The number of amides is 1. The maximum atomic E-state index is 13.5. The summed E-state index contributed by atoms with van der Waals surface area (Å²) in [6.07, 6.45) is 1.20. The lowest BCUT2D eigenvalue weighted by Gasteiger charge is -2.24. The van der Waals surface area contributed by atoms with E-state index < -0.39 is 17.5 Å². The zero-order valence-electron chi connectivity index (χ0n) is 18.5. The molecule has 0 aliphatic carbocycles. The van der Waals surface area contributed by atoms with Crippen molar-refractivity contribution in [1.29, 1.82) is 5.41 Å². The van der Waals surface area contributed by atoms with Gasteiger partial charge in [0.15, 0.2) is 0 Å². The van der Waals surface area contributed by atoms with Crippen molar-refractivity contribution in [2.75, 3.05) is 12.4 Å². The molecule has 8 nitrogen and oxygen atoms in total. The zero-order chi connectivity index (χ0) is 24.1. The molecule has 172 valence electrons. The number of carbonyl (C=O) groups is 2.